The summed E-state index contributed by atoms with van der Waals surface area (Å²) in [7, 11) is 0. The Labute approximate surface area is 114 Å². The minimum Gasteiger partial charge on any atom is -0.441 e. The standard InChI is InChI=1S/C16H20N2O/c1-2-12-3-5-13(6-4-12)15-11-18-16(19-15)9-10-17-14-7-8-14/h3-6,11,14,17H,2,7-10H2,1H3. The van der Waals surface area contributed by atoms with E-state index in [1.165, 1.54) is 18.4 Å². The van der Waals surface area contributed by atoms with Crippen molar-refractivity contribution in [2.24, 2.45) is 0 Å². The first-order chi connectivity index (χ1) is 9.35. The SMILES string of the molecule is CCc1ccc(-c2cnc(CCNC3CC3)o2)cc1. The van der Waals surface area contributed by atoms with Gasteiger partial charge in [0.25, 0.3) is 0 Å². The largest absolute Gasteiger partial charge is 0.441 e. The molecule has 0 amide bonds. The third-order valence-corrected chi connectivity index (χ3v) is 3.55. The zero-order chi connectivity index (χ0) is 13.1. The Kier molecular flexibility index (Phi) is 3.65. The van der Waals surface area contributed by atoms with Crippen LogP contribution in [0.3, 0.4) is 0 Å². The van der Waals surface area contributed by atoms with Gasteiger partial charge in [0.15, 0.2) is 11.7 Å². The van der Waals surface area contributed by atoms with Crippen LogP contribution in [-0.2, 0) is 12.8 Å². The normalized spacial score (nSPS) is 14.8. The van der Waals surface area contributed by atoms with E-state index in [0.29, 0.717) is 0 Å². The number of nitrogens with one attached hydrogen (secondary N) is 1. The molecule has 0 saturated heterocycles. The lowest BCUT2D eigenvalue weighted by atomic mass is 10.1. The van der Waals surface area contributed by atoms with Gasteiger partial charge < -0.3 is 9.73 Å². The second-order valence-electron chi connectivity index (χ2n) is 5.15. The van der Waals surface area contributed by atoms with Crippen molar-refractivity contribution in [2.45, 2.75) is 38.6 Å². The monoisotopic (exact) mass is 256 g/mol. The lowest BCUT2D eigenvalue weighted by Gasteiger charge is -2.00. The first-order valence-electron chi connectivity index (χ1n) is 7.12. The molecule has 0 unspecified atom stereocenters. The summed E-state index contributed by atoms with van der Waals surface area (Å²) in [5, 5.41) is 3.47. The molecule has 0 bridgehead atoms. The third-order valence-electron chi connectivity index (χ3n) is 3.55. The van der Waals surface area contributed by atoms with Gasteiger partial charge in [-0.1, -0.05) is 31.2 Å². The first kappa shape index (κ1) is 12.4. The predicted octanol–water partition coefficient (Wildman–Crippen LogP) is 3.20. The summed E-state index contributed by atoms with van der Waals surface area (Å²) in [5.41, 5.74) is 2.45. The maximum atomic E-state index is 5.79. The van der Waals surface area contributed by atoms with E-state index >= 15 is 0 Å². The van der Waals surface area contributed by atoms with Crippen LogP contribution in [-0.4, -0.2) is 17.6 Å². The van der Waals surface area contributed by atoms with Gasteiger partial charge in [0.05, 0.1) is 6.20 Å². The molecule has 3 nitrogen and oxygen atoms in total. The number of hydrogen-bond acceptors (Lipinski definition) is 3. The van der Waals surface area contributed by atoms with E-state index in [0.717, 1.165) is 42.6 Å². The molecule has 1 saturated carbocycles. The van der Waals surface area contributed by atoms with Crippen molar-refractivity contribution in [2.75, 3.05) is 6.54 Å². The van der Waals surface area contributed by atoms with Crippen LogP contribution in [0.5, 0.6) is 0 Å². The second kappa shape index (κ2) is 5.57. The van der Waals surface area contributed by atoms with E-state index in [1.807, 2.05) is 6.20 Å². The molecular weight excluding hydrogens is 236 g/mol. The molecule has 0 spiro atoms. The Hall–Kier alpha value is -1.61. The van der Waals surface area contributed by atoms with Crippen LogP contribution < -0.4 is 5.32 Å². The maximum absolute atomic E-state index is 5.79. The molecule has 3 rings (SSSR count). The van der Waals surface area contributed by atoms with Gasteiger partial charge in [0.1, 0.15) is 0 Å². The molecule has 3 heteroatoms. The van der Waals surface area contributed by atoms with E-state index in [1.54, 1.807) is 0 Å². The average molecular weight is 256 g/mol. The minimum absolute atomic E-state index is 0.746. The number of aromatic nitrogens is 1. The molecule has 0 aliphatic heterocycles. The highest BCUT2D eigenvalue weighted by atomic mass is 16.4. The Balaban J connectivity index is 1.61. The second-order valence-corrected chi connectivity index (χ2v) is 5.15. The summed E-state index contributed by atoms with van der Waals surface area (Å²) < 4.78 is 5.79. The lowest BCUT2D eigenvalue weighted by Crippen LogP contribution is -2.19. The number of hydrogen-bond donors (Lipinski definition) is 1. The number of aryl methyl sites for hydroxylation is 1. The van der Waals surface area contributed by atoms with Gasteiger partial charge >= 0.3 is 0 Å². The van der Waals surface area contributed by atoms with E-state index in [-0.39, 0.29) is 0 Å². The molecule has 0 atom stereocenters. The molecule has 1 heterocycles. The fraction of sp³-hybridized carbons (Fsp3) is 0.438. The molecule has 19 heavy (non-hydrogen) atoms. The third kappa shape index (κ3) is 3.24. The highest BCUT2D eigenvalue weighted by Gasteiger charge is 2.20. The Morgan fingerprint density at radius 2 is 2.05 bits per heavy atom. The zero-order valence-electron chi connectivity index (χ0n) is 11.4. The molecule has 1 fully saturated rings. The number of oxazole rings is 1. The van der Waals surface area contributed by atoms with Gasteiger partial charge in [0.2, 0.25) is 0 Å². The Morgan fingerprint density at radius 3 is 2.74 bits per heavy atom. The van der Waals surface area contributed by atoms with Crippen LogP contribution in [0.15, 0.2) is 34.9 Å². The van der Waals surface area contributed by atoms with Crippen LogP contribution in [0.1, 0.15) is 31.2 Å². The van der Waals surface area contributed by atoms with E-state index < -0.39 is 0 Å². The number of benzene rings is 1. The molecular formula is C16H20N2O. The Bertz CT molecular complexity index is 526. The highest BCUT2D eigenvalue weighted by Crippen LogP contribution is 2.22. The smallest absolute Gasteiger partial charge is 0.196 e. The van der Waals surface area contributed by atoms with E-state index in [2.05, 4.69) is 41.5 Å². The highest BCUT2D eigenvalue weighted by molar-refractivity contribution is 5.56. The topological polar surface area (TPSA) is 38.1 Å². The molecule has 0 radical (unpaired) electrons. The van der Waals surface area contributed by atoms with Gasteiger partial charge in [-0.25, -0.2) is 4.98 Å². The van der Waals surface area contributed by atoms with Crippen LogP contribution in [0.25, 0.3) is 11.3 Å². The quantitative estimate of drug-likeness (QED) is 0.862. The van der Waals surface area contributed by atoms with Crippen LogP contribution in [0.4, 0.5) is 0 Å². The molecule has 1 aliphatic rings. The summed E-state index contributed by atoms with van der Waals surface area (Å²) in [5.74, 6) is 1.69. The fourth-order valence-corrected chi connectivity index (χ4v) is 2.13. The van der Waals surface area contributed by atoms with Crippen LogP contribution >= 0.6 is 0 Å². The summed E-state index contributed by atoms with van der Waals surface area (Å²) in [4.78, 5) is 4.35. The van der Waals surface area contributed by atoms with Gasteiger partial charge in [0, 0.05) is 24.6 Å². The molecule has 1 aliphatic carbocycles. The summed E-state index contributed by atoms with van der Waals surface area (Å²) >= 11 is 0. The molecule has 2 aromatic rings. The van der Waals surface area contributed by atoms with Crippen molar-refractivity contribution in [3.05, 3.63) is 41.9 Å². The summed E-state index contributed by atoms with van der Waals surface area (Å²) in [6.45, 7) is 3.12. The van der Waals surface area contributed by atoms with Crippen molar-refractivity contribution in [1.82, 2.24) is 10.3 Å². The molecule has 1 aromatic heterocycles. The van der Waals surface area contributed by atoms with Crippen molar-refractivity contribution in [1.29, 1.82) is 0 Å². The van der Waals surface area contributed by atoms with Crippen LogP contribution in [0, 0.1) is 0 Å². The van der Waals surface area contributed by atoms with Gasteiger partial charge in [-0.15, -0.1) is 0 Å². The molecule has 100 valence electrons. The summed E-state index contributed by atoms with van der Waals surface area (Å²) in [6.07, 6.45) is 6.40. The van der Waals surface area contributed by atoms with Crippen molar-refractivity contribution < 1.29 is 4.42 Å². The lowest BCUT2D eigenvalue weighted by molar-refractivity contribution is 0.494. The maximum Gasteiger partial charge on any atom is 0.196 e. The van der Waals surface area contributed by atoms with Crippen molar-refractivity contribution >= 4 is 0 Å². The average Bonchev–Trinajstić information content (AvgIpc) is 3.15. The van der Waals surface area contributed by atoms with Crippen LogP contribution in [0.2, 0.25) is 0 Å². The zero-order valence-corrected chi connectivity index (χ0v) is 11.4. The Morgan fingerprint density at radius 1 is 1.26 bits per heavy atom. The van der Waals surface area contributed by atoms with Gasteiger partial charge in [-0.3, -0.25) is 0 Å². The minimum atomic E-state index is 0.746. The van der Waals surface area contributed by atoms with Gasteiger partial charge in [-0.05, 0) is 24.8 Å². The van der Waals surface area contributed by atoms with Gasteiger partial charge in [-0.2, -0.15) is 0 Å². The molecule has 1 N–H and O–H groups in total. The van der Waals surface area contributed by atoms with E-state index in [4.69, 9.17) is 4.42 Å². The van der Waals surface area contributed by atoms with Crippen molar-refractivity contribution in [3.8, 4) is 11.3 Å². The predicted molar refractivity (Wildman–Crippen MR) is 76.0 cm³/mol. The summed E-state index contributed by atoms with van der Waals surface area (Å²) in [6, 6.07) is 9.24. The van der Waals surface area contributed by atoms with E-state index in [9.17, 15) is 0 Å². The molecule has 1 aromatic carbocycles. The fourth-order valence-electron chi connectivity index (χ4n) is 2.13. The first-order valence-corrected chi connectivity index (χ1v) is 7.12. The number of rotatable bonds is 6. The van der Waals surface area contributed by atoms with Crippen molar-refractivity contribution in [3.63, 3.8) is 0 Å². The number of nitrogens with zero attached hydrogens (tertiary/aromatic N) is 1.